The summed E-state index contributed by atoms with van der Waals surface area (Å²) in [4.78, 5) is 25.0. The van der Waals surface area contributed by atoms with Gasteiger partial charge in [0.2, 0.25) is 0 Å². The van der Waals surface area contributed by atoms with Crippen molar-refractivity contribution in [1.29, 1.82) is 0 Å². The van der Waals surface area contributed by atoms with E-state index in [-0.39, 0.29) is 11.6 Å². The first-order valence-corrected chi connectivity index (χ1v) is 12.7. The van der Waals surface area contributed by atoms with Crippen LogP contribution >= 0.6 is 0 Å². The second kappa shape index (κ2) is 13.2. The molecule has 0 aliphatic carbocycles. The van der Waals surface area contributed by atoms with Crippen molar-refractivity contribution in [2.75, 3.05) is 6.61 Å². The zero-order valence-corrected chi connectivity index (χ0v) is 20.6. The van der Waals surface area contributed by atoms with Gasteiger partial charge in [-0.2, -0.15) is 0 Å². The van der Waals surface area contributed by atoms with Crippen molar-refractivity contribution in [2.24, 2.45) is 0 Å². The summed E-state index contributed by atoms with van der Waals surface area (Å²) in [5.74, 6) is 0.897. The minimum Gasteiger partial charge on any atom is -0.494 e. The summed E-state index contributed by atoms with van der Waals surface area (Å²) >= 11 is 0. The summed E-state index contributed by atoms with van der Waals surface area (Å²) in [6, 6.07) is 34.1. The highest BCUT2D eigenvalue weighted by Gasteiger charge is 2.09. The first kappa shape index (κ1) is 25.1. The summed E-state index contributed by atoms with van der Waals surface area (Å²) in [5, 5.41) is 0. The van der Waals surface area contributed by atoms with Gasteiger partial charge in [-0.15, -0.1) is 0 Å². The maximum Gasteiger partial charge on any atom is 0.193 e. The quantitative estimate of drug-likeness (QED) is 0.147. The third-order valence-electron chi connectivity index (χ3n) is 6.28. The zero-order valence-electron chi connectivity index (χ0n) is 20.6. The first-order valence-electron chi connectivity index (χ1n) is 12.7. The van der Waals surface area contributed by atoms with E-state index in [4.69, 9.17) is 4.74 Å². The molecule has 0 spiro atoms. The lowest BCUT2D eigenvalue weighted by Gasteiger charge is -2.08. The van der Waals surface area contributed by atoms with E-state index in [2.05, 4.69) is 12.1 Å². The fourth-order valence-electron chi connectivity index (χ4n) is 4.19. The van der Waals surface area contributed by atoms with Gasteiger partial charge in [0.1, 0.15) is 5.75 Å². The van der Waals surface area contributed by atoms with Crippen LogP contribution in [-0.4, -0.2) is 18.2 Å². The summed E-state index contributed by atoms with van der Waals surface area (Å²) in [6.45, 7) is 0.683. The maximum absolute atomic E-state index is 12.5. The molecule has 0 N–H and O–H groups in total. The highest BCUT2D eigenvalue weighted by atomic mass is 16.5. The van der Waals surface area contributed by atoms with Gasteiger partial charge in [0, 0.05) is 22.3 Å². The van der Waals surface area contributed by atoms with Gasteiger partial charge in [-0.05, 0) is 49.1 Å². The van der Waals surface area contributed by atoms with Crippen LogP contribution in [0.25, 0.3) is 0 Å². The predicted molar refractivity (Wildman–Crippen MR) is 145 cm³/mol. The van der Waals surface area contributed by atoms with E-state index in [1.165, 1.54) is 18.4 Å². The molecule has 36 heavy (non-hydrogen) atoms. The Morgan fingerprint density at radius 1 is 0.472 bits per heavy atom. The van der Waals surface area contributed by atoms with Crippen LogP contribution in [0.4, 0.5) is 0 Å². The van der Waals surface area contributed by atoms with Crippen LogP contribution in [0.2, 0.25) is 0 Å². The average molecular weight is 477 g/mol. The lowest BCUT2D eigenvalue weighted by atomic mass is 10.00. The summed E-state index contributed by atoms with van der Waals surface area (Å²) in [6.07, 6.45) is 6.68. The topological polar surface area (TPSA) is 43.4 Å². The Morgan fingerprint density at radius 2 is 0.917 bits per heavy atom. The molecule has 0 saturated carbocycles. The molecule has 0 amide bonds. The third-order valence-corrected chi connectivity index (χ3v) is 6.28. The molecule has 4 rings (SSSR count). The Bertz CT molecular complexity index is 1130. The highest BCUT2D eigenvalue weighted by molar-refractivity contribution is 6.09. The molecule has 4 aromatic carbocycles. The van der Waals surface area contributed by atoms with E-state index >= 15 is 0 Å². The van der Waals surface area contributed by atoms with Crippen LogP contribution in [0.1, 0.15) is 69.5 Å². The lowest BCUT2D eigenvalue weighted by Crippen LogP contribution is -2.02. The molecule has 0 unspecified atom stereocenters. The molecule has 0 fully saturated rings. The van der Waals surface area contributed by atoms with Gasteiger partial charge in [-0.25, -0.2) is 0 Å². The number of aryl methyl sites for hydroxylation is 1. The molecule has 0 bridgehead atoms. The normalized spacial score (nSPS) is 10.7. The molecule has 0 aliphatic rings. The van der Waals surface area contributed by atoms with E-state index in [1.54, 1.807) is 0 Å². The van der Waals surface area contributed by atoms with Crippen LogP contribution in [-0.2, 0) is 6.42 Å². The summed E-state index contributed by atoms with van der Waals surface area (Å²) < 4.78 is 5.85. The molecular weight excluding hydrogens is 444 g/mol. The minimum absolute atomic E-state index is 0.0266. The van der Waals surface area contributed by atoms with Crippen molar-refractivity contribution >= 4 is 11.6 Å². The Kier molecular flexibility index (Phi) is 9.21. The second-order valence-corrected chi connectivity index (χ2v) is 8.98. The molecule has 0 radical (unpaired) electrons. The molecule has 0 heterocycles. The van der Waals surface area contributed by atoms with Crippen molar-refractivity contribution < 1.29 is 14.3 Å². The average Bonchev–Trinajstić information content (AvgIpc) is 2.95. The van der Waals surface area contributed by atoms with E-state index in [1.807, 2.05) is 97.1 Å². The van der Waals surface area contributed by atoms with Crippen molar-refractivity contribution in [1.82, 2.24) is 0 Å². The monoisotopic (exact) mass is 476 g/mol. The van der Waals surface area contributed by atoms with Gasteiger partial charge < -0.3 is 4.74 Å². The van der Waals surface area contributed by atoms with Gasteiger partial charge >= 0.3 is 0 Å². The van der Waals surface area contributed by atoms with Crippen LogP contribution in [0, 0.1) is 0 Å². The third kappa shape index (κ3) is 7.26. The largest absolute Gasteiger partial charge is 0.494 e. The van der Waals surface area contributed by atoms with Gasteiger partial charge in [0.25, 0.3) is 0 Å². The van der Waals surface area contributed by atoms with Gasteiger partial charge in [-0.3, -0.25) is 9.59 Å². The Morgan fingerprint density at radius 3 is 1.47 bits per heavy atom. The molecule has 0 atom stereocenters. The van der Waals surface area contributed by atoms with Crippen molar-refractivity contribution in [3.63, 3.8) is 0 Å². The lowest BCUT2D eigenvalue weighted by molar-refractivity contribution is 0.103. The maximum atomic E-state index is 12.5. The fourth-order valence-corrected chi connectivity index (χ4v) is 4.19. The highest BCUT2D eigenvalue weighted by Crippen LogP contribution is 2.17. The summed E-state index contributed by atoms with van der Waals surface area (Å²) in [5.41, 5.74) is 4.11. The molecule has 4 aromatic rings. The molecule has 3 heteroatoms. The fraction of sp³-hybridized carbons (Fsp3) is 0.212. The number of hydrogen-bond donors (Lipinski definition) is 0. The Hall–Kier alpha value is -3.98. The van der Waals surface area contributed by atoms with Crippen molar-refractivity contribution in [3.8, 4) is 5.75 Å². The van der Waals surface area contributed by atoms with Crippen LogP contribution in [0.3, 0.4) is 0 Å². The number of rotatable bonds is 13. The Labute approximate surface area is 213 Å². The molecule has 0 aliphatic heterocycles. The first-order chi connectivity index (χ1) is 17.7. The number of hydrogen-bond acceptors (Lipinski definition) is 3. The molecule has 0 saturated heterocycles. The smallest absolute Gasteiger partial charge is 0.193 e. The van der Waals surface area contributed by atoms with Crippen LogP contribution < -0.4 is 4.74 Å². The molecule has 182 valence electrons. The van der Waals surface area contributed by atoms with Crippen LogP contribution in [0.5, 0.6) is 5.75 Å². The standard InChI is InChI=1S/C33H32O3/c34-32(27-13-7-4-8-14-27)29-19-17-26(18-20-29)12-6-2-1-3-11-25-36-31-23-21-30(22-24-31)33(35)28-15-9-5-10-16-28/h4-5,7-10,13-24H,1-3,6,11-12,25H2. The molecule has 0 aromatic heterocycles. The zero-order chi connectivity index (χ0) is 25.0. The molecular formula is C33H32O3. The number of benzene rings is 4. The number of unbranched alkanes of at least 4 members (excludes halogenated alkanes) is 4. The number of ether oxygens (including phenoxy) is 1. The van der Waals surface area contributed by atoms with Crippen LogP contribution in [0.15, 0.2) is 109 Å². The predicted octanol–water partition coefficient (Wildman–Crippen LogP) is 7.72. The van der Waals surface area contributed by atoms with Gasteiger partial charge in [0.05, 0.1) is 6.61 Å². The molecule has 3 nitrogen and oxygen atoms in total. The number of ketones is 2. The number of carbonyl (C=O) groups is 2. The van der Waals surface area contributed by atoms with E-state index < -0.39 is 0 Å². The number of carbonyl (C=O) groups excluding carboxylic acids is 2. The van der Waals surface area contributed by atoms with Crippen molar-refractivity contribution in [2.45, 2.75) is 38.5 Å². The van der Waals surface area contributed by atoms with Gasteiger partial charge in [-0.1, -0.05) is 104 Å². The van der Waals surface area contributed by atoms with E-state index in [0.29, 0.717) is 17.7 Å². The SMILES string of the molecule is O=C(c1ccccc1)c1ccc(CCCCCCCOc2ccc(C(=O)c3ccccc3)cc2)cc1. The van der Waals surface area contributed by atoms with E-state index in [0.717, 1.165) is 42.6 Å². The van der Waals surface area contributed by atoms with Crippen molar-refractivity contribution in [3.05, 3.63) is 137 Å². The second-order valence-electron chi connectivity index (χ2n) is 8.98. The van der Waals surface area contributed by atoms with Gasteiger partial charge in [0.15, 0.2) is 11.6 Å². The Balaban J connectivity index is 1.09. The summed E-state index contributed by atoms with van der Waals surface area (Å²) in [7, 11) is 0. The van der Waals surface area contributed by atoms with E-state index in [9.17, 15) is 9.59 Å². The minimum atomic E-state index is 0.0266.